The van der Waals surface area contributed by atoms with Crippen molar-refractivity contribution < 1.29 is 9.90 Å². The lowest BCUT2D eigenvalue weighted by Gasteiger charge is -2.36. The van der Waals surface area contributed by atoms with Gasteiger partial charge in [0.05, 0.1) is 5.60 Å². The number of carbonyl (C=O) groups excluding carboxylic acids is 1. The third kappa shape index (κ3) is 6.00. The van der Waals surface area contributed by atoms with Gasteiger partial charge in [-0.3, -0.25) is 10.2 Å². The zero-order chi connectivity index (χ0) is 12.7. The lowest BCUT2D eigenvalue weighted by Crippen LogP contribution is -2.46. The fraction of sp³-hybridized carbons (Fsp3) is 0.917. The number of amides is 1. The molecule has 17 heavy (non-hydrogen) atoms. The second-order valence-electron chi connectivity index (χ2n) is 5.25. The molecule has 1 rings (SSSR count). The molecule has 0 aliphatic carbocycles. The monoisotopic (exact) mass is 243 g/mol. The van der Waals surface area contributed by atoms with E-state index in [1.54, 1.807) is 0 Å². The maximum atomic E-state index is 10.9. The van der Waals surface area contributed by atoms with Gasteiger partial charge in [0.2, 0.25) is 5.91 Å². The van der Waals surface area contributed by atoms with Crippen LogP contribution in [-0.4, -0.2) is 41.1 Å². The summed E-state index contributed by atoms with van der Waals surface area (Å²) < 4.78 is 0. The van der Waals surface area contributed by atoms with Crippen LogP contribution in [0.5, 0.6) is 0 Å². The molecular formula is C12H25N3O2. The molecule has 0 saturated carbocycles. The SMILES string of the molecule is CC1(O)CCCN(CCCCCC(=O)NN)C1. The Hall–Kier alpha value is -0.650. The van der Waals surface area contributed by atoms with Crippen LogP contribution >= 0.6 is 0 Å². The number of unbranched alkanes of at least 4 members (excludes halogenated alkanes) is 2. The Morgan fingerprint density at radius 1 is 1.47 bits per heavy atom. The van der Waals surface area contributed by atoms with Crippen molar-refractivity contribution >= 4 is 5.91 Å². The summed E-state index contributed by atoms with van der Waals surface area (Å²) in [5.41, 5.74) is 1.62. The highest BCUT2D eigenvalue weighted by Gasteiger charge is 2.27. The molecule has 0 aromatic heterocycles. The van der Waals surface area contributed by atoms with Gasteiger partial charge in [0.25, 0.3) is 0 Å². The van der Waals surface area contributed by atoms with Crippen LogP contribution in [0.2, 0.25) is 0 Å². The van der Waals surface area contributed by atoms with Crippen molar-refractivity contribution in [2.24, 2.45) is 5.84 Å². The van der Waals surface area contributed by atoms with Gasteiger partial charge in [0.15, 0.2) is 0 Å². The number of nitrogens with two attached hydrogens (primary N) is 1. The number of hydrogen-bond acceptors (Lipinski definition) is 4. The molecular weight excluding hydrogens is 218 g/mol. The molecule has 1 atom stereocenters. The standard InChI is InChI=1S/C12H25N3O2/c1-12(17)7-5-9-15(10-12)8-4-2-3-6-11(16)14-13/h17H,2-10,13H2,1H3,(H,14,16). The third-order valence-electron chi connectivity index (χ3n) is 3.29. The summed E-state index contributed by atoms with van der Waals surface area (Å²) in [6.45, 7) is 4.78. The second kappa shape index (κ2) is 6.93. The van der Waals surface area contributed by atoms with Crippen LogP contribution < -0.4 is 11.3 Å². The average Bonchev–Trinajstić information content (AvgIpc) is 2.27. The summed E-state index contributed by atoms with van der Waals surface area (Å²) in [5.74, 6) is 4.91. The van der Waals surface area contributed by atoms with Gasteiger partial charge in [0.1, 0.15) is 0 Å². The van der Waals surface area contributed by atoms with E-state index < -0.39 is 5.60 Å². The van der Waals surface area contributed by atoms with Gasteiger partial charge in [-0.15, -0.1) is 0 Å². The van der Waals surface area contributed by atoms with E-state index in [4.69, 9.17) is 5.84 Å². The first-order valence-electron chi connectivity index (χ1n) is 6.48. The van der Waals surface area contributed by atoms with Gasteiger partial charge < -0.3 is 10.0 Å². The number of β-amino-alcohol motifs (C(OH)–C–C–N with tert-alkyl or cyclic N) is 1. The lowest BCUT2D eigenvalue weighted by molar-refractivity contribution is -0.121. The van der Waals surface area contributed by atoms with Crippen molar-refractivity contribution in [3.8, 4) is 0 Å². The number of piperidine rings is 1. The molecule has 1 unspecified atom stereocenters. The van der Waals surface area contributed by atoms with Crippen molar-refractivity contribution in [2.75, 3.05) is 19.6 Å². The Labute approximate surface area is 103 Å². The third-order valence-corrected chi connectivity index (χ3v) is 3.29. The van der Waals surface area contributed by atoms with E-state index in [2.05, 4.69) is 10.3 Å². The van der Waals surface area contributed by atoms with E-state index in [-0.39, 0.29) is 5.91 Å². The molecule has 0 bridgehead atoms. The highest BCUT2D eigenvalue weighted by Crippen LogP contribution is 2.20. The molecule has 1 saturated heterocycles. The summed E-state index contributed by atoms with van der Waals surface area (Å²) in [6.07, 6.45) is 5.48. The van der Waals surface area contributed by atoms with Crippen LogP contribution in [0, 0.1) is 0 Å². The summed E-state index contributed by atoms with van der Waals surface area (Å²) in [4.78, 5) is 13.2. The van der Waals surface area contributed by atoms with Crippen LogP contribution in [-0.2, 0) is 4.79 Å². The first-order chi connectivity index (χ1) is 8.03. The van der Waals surface area contributed by atoms with Crippen LogP contribution in [0.3, 0.4) is 0 Å². The summed E-state index contributed by atoms with van der Waals surface area (Å²) in [5, 5.41) is 9.94. The van der Waals surface area contributed by atoms with Crippen molar-refractivity contribution in [1.29, 1.82) is 0 Å². The smallest absolute Gasteiger partial charge is 0.233 e. The average molecular weight is 243 g/mol. The topological polar surface area (TPSA) is 78.6 Å². The van der Waals surface area contributed by atoms with E-state index in [1.807, 2.05) is 6.92 Å². The van der Waals surface area contributed by atoms with E-state index >= 15 is 0 Å². The van der Waals surface area contributed by atoms with E-state index in [0.29, 0.717) is 6.42 Å². The molecule has 1 aliphatic rings. The second-order valence-corrected chi connectivity index (χ2v) is 5.25. The van der Waals surface area contributed by atoms with E-state index in [9.17, 15) is 9.90 Å². The molecule has 1 aliphatic heterocycles. The molecule has 1 amide bonds. The number of carbonyl (C=O) groups is 1. The van der Waals surface area contributed by atoms with E-state index in [0.717, 1.165) is 51.7 Å². The van der Waals surface area contributed by atoms with Crippen molar-refractivity contribution in [1.82, 2.24) is 10.3 Å². The largest absolute Gasteiger partial charge is 0.389 e. The minimum absolute atomic E-state index is 0.0918. The first-order valence-corrected chi connectivity index (χ1v) is 6.48. The molecule has 100 valence electrons. The van der Waals surface area contributed by atoms with Gasteiger partial charge >= 0.3 is 0 Å². The normalized spacial score (nSPS) is 25.8. The van der Waals surface area contributed by atoms with Gasteiger partial charge in [-0.2, -0.15) is 0 Å². The molecule has 4 N–H and O–H groups in total. The molecule has 0 aromatic rings. The van der Waals surface area contributed by atoms with Crippen LogP contribution in [0.15, 0.2) is 0 Å². The highest BCUT2D eigenvalue weighted by atomic mass is 16.3. The number of hydrogen-bond donors (Lipinski definition) is 3. The number of rotatable bonds is 6. The van der Waals surface area contributed by atoms with Gasteiger partial charge in [-0.1, -0.05) is 6.42 Å². The minimum atomic E-state index is -0.516. The fourth-order valence-electron chi connectivity index (χ4n) is 2.38. The number of nitrogens with zero attached hydrogens (tertiary/aromatic N) is 1. The summed E-state index contributed by atoms with van der Waals surface area (Å²) in [6, 6.07) is 0. The quantitative estimate of drug-likeness (QED) is 0.273. The maximum Gasteiger partial charge on any atom is 0.233 e. The molecule has 1 heterocycles. The van der Waals surface area contributed by atoms with Gasteiger partial charge in [0, 0.05) is 13.0 Å². The first kappa shape index (κ1) is 14.4. The maximum absolute atomic E-state index is 10.9. The zero-order valence-corrected chi connectivity index (χ0v) is 10.7. The molecule has 0 radical (unpaired) electrons. The Bertz CT molecular complexity index is 244. The predicted molar refractivity (Wildman–Crippen MR) is 67.1 cm³/mol. The predicted octanol–water partition coefficient (Wildman–Crippen LogP) is 0.384. The Kier molecular flexibility index (Phi) is 5.88. The van der Waals surface area contributed by atoms with Crippen LogP contribution in [0.4, 0.5) is 0 Å². The van der Waals surface area contributed by atoms with Gasteiger partial charge in [-0.25, -0.2) is 5.84 Å². The van der Waals surface area contributed by atoms with Crippen LogP contribution in [0.1, 0.15) is 45.4 Å². The zero-order valence-electron chi connectivity index (χ0n) is 10.7. The van der Waals surface area contributed by atoms with Crippen molar-refractivity contribution in [3.63, 3.8) is 0 Å². The minimum Gasteiger partial charge on any atom is -0.389 e. The Morgan fingerprint density at radius 2 is 2.24 bits per heavy atom. The molecule has 0 aromatic carbocycles. The molecule has 0 spiro atoms. The Balaban J connectivity index is 2.04. The summed E-state index contributed by atoms with van der Waals surface area (Å²) >= 11 is 0. The Morgan fingerprint density at radius 3 is 2.88 bits per heavy atom. The molecule has 1 fully saturated rings. The number of likely N-dealkylation sites (tertiary alicyclic amines) is 1. The van der Waals surface area contributed by atoms with Crippen molar-refractivity contribution in [3.05, 3.63) is 0 Å². The molecule has 5 nitrogen and oxygen atoms in total. The van der Waals surface area contributed by atoms with Crippen LogP contribution in [0.25, 0.3) is 0 Å². The lowest BCUT2D eigenvalue weighted by atomic mass is 9.95. The van der Waals surface area contributed by atoms with Crippen molar-refractivity contribution in [2.45, 2.75) is 51.0 Å². The van der Waals surface area contributed by atoms with Gasteiger partial charge in [-0.05, 0) is 45.7 Å². The fourth-order valence-corrected chi connectivity index (χ4v) is 2.38. The van der Waals surface area contributed by atoms with E-state index in [1.165, 1.54) is 0 Å². The highest BCUT2D eigenvalue weighted by molar-refractivity contribution is 5.74. The number of nitrogens with one attached hydrogen (secondary N) is 1. The number of aliphatic hydroxyl groups is 1. The summed E-state index contributed by atoms with van der Waals surface area (Å²) in [7, 11) is 0. The number of hydrazine groups is 1. The molecule has 5 heteroatoms.